The lowest BCUT2D eigenvalue weighted by Gasteiger charge is -1.98. The molecular formula is C18H24O9. The number of carbonyl (C=O) groups is 3. The molecule has 0 aromatic heterocycles. The minimum absolute atomic E-state index is 0.0763. The van der Waals surface area contributed by atoms with Gasteiger partial charge in [0.2, 0.25) is 0 Å². The zero-order valence-electron chi connectivity index (χ0n) is 15.1. The van der Waals surface area contributed by atoms with Crippen molar-refractivity contribution >= 4 is 18.5 Å². The second kappa shape index (κ2) is 16.0. The Balaban J connectivity index is 0. The molecule has 0 radical (unpaired) electrons. The van der Waals surface area contributed by atoms with Gasteiger partial charge in [-0.3, -0.25) is 0 Å². The number of hydrogen-bond acceptors (Lipinski definition) is 9. The van der Waals surface area contributed by atoms with Crippen LogP contribution in [0.3, 0.4) is 0 Å². The van der Waals surface area contributed by atoms with E-state index in [0.717, 1.165) is 0 Å². The van der Waals surface area contributed by atoms with Crippen LogP contribution in [0, 0.1) is 0 Å². The fourth-order valence-corrected chi connectivity index (χ4v) is 1.47. The summed E-state index contributed by atoms with van der Waals surface area (Å²) in [6.45, 7) is 21.9. The Hall–Kier alpha value is -3.49. The maximum absolute atomic E-state index is 10.5. The maximum Gasteiger partial charge on any atom is 0.514 e. The van der Waals surface area contributed by atoms with Gasteiger partial charge in [-0.25, -0.2) is 14.4 Å². The van der Waals surface area contributed by atoms with E-state index in [2.05, 4.69) is 74.5 Å². The monoisotopic (exact) mass is 384 g/mol. The molecule has 3 saturated heterocycles. The molecule has 0 saturated carbocycles. The fourth-order valence-electron chi connectivity index (χ4n) is 1.47. The summed E-state index contributed by atoms with van der Waals surface area (Å²) in [7, 11) is 0. The zero-order chi connectivity index (χ0) is 21.2. The van der Waals surface area contributed by atoms with Crippen LogP contribution in [0.5, 0.6) is 0 Å². The molecule has 0 amide bonds. The second-order valence-electron chi connectivity index (χ2n) is 3.94. The van der Waals surface area contributed by atoms with Gasteiger partial charge in [-0.1, -0.05) is 6.58 Å². The van der Waals surface area contributed by atoms with Gasteiger partial charge < -0.3 is 28.4 Å². The van der Waals surface area contributed by atoms with E-state index in [1.54, 1.807) is 0 Å². The van der Waals surface area contributed by atoms with Crippen LogP contribution in [0.2, 0.25) is 0 Å². The Kier molecular flexibility index (Phi) is 15.3. The van der Waals surface area contributed by atoms with Crippen molar-refractivity contribution in [1.29, 1.82) is 0 Å². The summed E-state index contributed by atoms with van der Waals surface area (Å²) in [6, 6.07) is 0. The first-order chi connectivity index (χ1) is 13.1. The van der Waals surface area contributed by atoms with E-state index in [1.165, 1.54) is 12.2 Å². The lowest BCUT2D eigenvalue weighted by Crippen LogP contribution is -2.07. The lowest BCUT2D eigenvalue weighted by atomic mass is 10.3. The molecule has 9 heteroatoms. The molecule has 9 nitrogen and oxygen atoms in total. The molecule has 3 aliphatic rings. The van der Waals surface area contributed by atoms with Gasteiger partial charge in [0.1, 0.15) is 19.0 Å². The summed E-state index contributed by atoms with van der Waals surface area (Å²) in [5.74, 6) is 0.341. The number of carbonyl (C=O) groups excluding carboxylic acids is 3. The van der Waals surface area contributed by atoms with Gasteiger partial charge in [0.15, 0.2) is 18.8 Å². The van der Waals surface area contributed by atoms with Crippen LogP contribution in [0.1, 0.15) is 0 Å². The highest BCUT2D eigenvalue weighted by Crippen LogP contribution is 2.15. The van der Waals surface area contributed by atoms with Crippen molar-refractivity contribution in [2.24, 2.45) is 0 Å². The number of cyclic esters (lactones) is 6. The lowest BCUT2D eigenvalue weighted by molar-refractivity contribution is 0.123. The van der Waals surface area contributed by atoms with E-state index in [0.29, 0.717) is 12.4 Å². The Morgan fingerprint density at radius 2 is 1.22 bits per heavy atom. The Labute approximate surface area is 158 Å². The second-order valence-corrected chi connectivity index (χ2v) is 3.94. The van der Waals surface area contributed by atoms with Crippen LogP contribution in [0.15, 0.2) is 64.0 Å². The standard InChI is InChI=1S/C7H6O6.C5H6O3.3C2H4/c8-6-10-2-4(12-6)1-5-3-11-7(9)13-5;1-2-4-3-7-5(6)8-4;3*1-2/h1,4H,2-3H2;2,4H,1,3H2;3*1-2H2/b5-1-;;;;. The minimum Gasteiger partial charge on any atom is -0.430 e. The molecule has 27 heavy (non-hydrogen) atoms. The quantitative estimate of drug-likeness (QED) is 0.400. The van der Waals surface area contributed by atoms with E-state index < -0.39 is 24.6 Å². The first kappa shape index (κ1) is 25.7. The average Bonchev–Trinajstić information content (AvgIpc) is 3.43. The molecular weight excluding hydrogens is 360 g/mol. The molecule has 150 valence electrons. The Morgan fingerprint density at radius 1 is 0.741 bits per heavy atom. The summed E-state index contributed by atoms with van der Waals surface area (Å²) in [5, 5.41) is 0. The predicted octanol–water partition coefficient (Wildman–Crippen LogP) is 3.69. The van der Waals surface area contributed by atoms with Crippen molar-refractivity contribution in [2.45, 2.75) is 12.2 Å². The van der Waals surface area contributed by atoms with Gasteiger partial charge in [-0.15, -0.1) is 39.5 Å². The topological polar surface area (TPSA) is 107 Å². The molecule has 0 aromatic carbocycles. The van der Waals surface area contributed by atoms with Gasteiger partial charge in [-0.2, -0.15) is 0 Å². The molecule has 0 spiro atoms. The van der Waals surface area contributed by atoms with Crippen LogP contribution in [-0.2, 0) is 28.4 Å². The molecule has 0 aromatic rings. The van der Waals surface area contributed by atoms with E-state index >= 15 is 0 Å². The number of rotatable bonds is 2. The van der Waals surface area contributed by atoms with E-state index in [1.807, 2.05) is 0 Å². The molecule has 0 N–H and O–H groups in total. The summed E-state index contributed by atoms with van der Waals surface area (Å²) in [6.07, 6.45) is 0.235. The molecule has 3 heterocycles. The van der Waals surface area contributed by atoms with Crippen molar-refractivity contribution in [3.05, 3.63) is 64.0 Å². The highest BCUT2D eigenvalue weighted by atomic mass is 16.8. The fraction of sp³-hybridized carbons (Fsp3) is 0.278. The number of hydrogen-bond donors (Lipinski definition) is 0. The summed E-state index contributed by atoms with van der Waals surface area (Å²) >= 11 is 0. The minimum atomic E-state index is -0.739. The molecule has 3 fully saturated rings. The van der Waals surface area contributed by atoms with Crippen molar-refractivity contribution < 1.29 is 42.8 Å². The highest BCUT2D eigenvalue weighted by molar-refractivity contribution is 5.64. The van der Waals surface area contributed by atoms with Crippen molar-refractivity contribution in [1.82, 2.24) is 0 Å². The van der Waals surface area contributed by atoms with Gasteiger partial charge in [0.25, 0.3) is 0 Å². The SMILES string of the molecule is C=C.C=C.C=C.C=CC1COC(=O)O1.O=C1OC/C(=C/C2COC(=O)O2)O1. The van der Waals surface area contributed by atoms with Gasteiger partial charge >= 0.3 is 18.5 Å². The van der Waals surface area contributed by atoms with Crippen LogP contribution < -0.4 is 0 Å². The van der Waals surface area contributed by atoms with Crippen LogP contribution in [0.25, 0.3) is 0 Å². The number of ether oxygens (including phenoxy) is 6. The van der Waals surface area contributed by atoms with Crippen molar-refractivity contribution in [3.8, 4) is 0 Å². The molecule has 3 rings (SSSR count). The van der Waals surface area contributed by atoms with Gasteiger partial charge in [0, 0.05) is 6.08 Å². The third kappa shape index (κ3) is 10.9. The Morgan fingerprint density at radius 3 is 1.52 bits per heavy atom. The van der Waals surface area contributed by atoms with Crippen LogP contribution >= 0.6 is 0 Å². The van der Waals surface area contributed by atoms with E-state index in [4.69, 9.17) is 0 Å². The average molecular weight is 384 g/mol. The highest BCUT2D eigenvalue weighted by Gasteiger charge is 2.27. The van der Waals surface area contributed by atoms with Crippen LogP contribution in [-0.4, -0.2) is 50.5 Å². The summed E-state index contributed by atoms with van der Waals surface area (Å²) < 4.78 is 27.2. The van der Waals surface area contributed by atoms with Gasteiger partial charge in [0.05, 0.1) is 0 Å². The normalized spacial score (nSPS) is 22.5. The predicted molar refractivity (Wildman–Crippen MR) is 96.9 cm³/mol. The first-order valence-electron chi connectivity index (χ1n) is 7.41. The van der Waals surface area contributed by atoms with Crippen molar-refractivity contribution in [2.75, 3.05) is 19.8 Å². The van der Waals surface area contributed by atoms with Gasteiger partial charge in [-0.05, 0) is 6.08 Å². The molecule has 2 unspecified atom stereocenters. The summed E-state index contributed by atoms with van der Waals surface area (Å²) in [4.78, 5) is 31.1. The largest absolute Gasteiger partial charge is 0.514 e. The first-order valence-corrected chi connectivity index (χ1v) is 7.41. The molecule has 0 bridgehead atoms. The van der Waals surface area contributed by atoms with Crippen LogP contribution in [0.4, 0.5) is 14.4 Å². The molecule has 3 aliphatic heterocycles. The van der Waals surface area contributed by atoms with E-state index in [9.17, 15) is 14.4 Å². The van der Waals surface area contributed by atoms with Crippen molar-refractivity contribution in [3.63, 3.8) is 0 Å². The summed E-state index contributed by atoms with van der Waals surface area (Å²) in [5.41, 5.74) is 0. The third-order valence-corrected chi connectivity index (χ3v) is 2.41. The maximum atomic E-state index is 10.5. The Bertz CT molecular complexity index is 522. The van der Waals surface area contributed by atoms with E-state index in [-0.39, 0.29) is 19.3 Å². The molecule has 2 atom stereocenters. The molecule has 0 aliphatic carbocycles. The third-order valence-electron chi connectivity index (χ3n) is 2.41. The smallest absolute Gasteiger partial charge is 0.430 e. The zero-order valence-corrected chi connectivity index (χ0v) is 15.1.